The second-order valence-corrected chi connectivity index (χ2v) is 6.64. The van der Waals surface area contributed by atoms with Crippen molar-refractivity contribution in [2.45, 2.75) is 6.92 Å². The van der Waals surface area contributed by atoms with Crippen LogP contribution in [0.5, 0.6) is 11.5 Å². The molecule has 2 aromatic carbocycles. The van der Waals surface area contributed by atoms with Crippen molar-refractivity contribution in [1.82, 2.24) is 4.68 Å². The molecule has 0 aliphatic heterocycles. The lowest BCUT2D eigenvalue weighted by Gasteiger charge is -2.06. The highest BCUT2D eigenvalue weighted by Crippen LogP contribution is 2.26. The van der Waals surface area contributed by atoms with Crippen LogP contribution in [0.25, 0.3) is 11.3 Å². The number of rotatable bonds is 6. The molecule has 0 unspecified atom stereocenters. The van der Waals surface area contributed by atoms with Gasteiger partial charge in [-0.25, -0.2) is 4.68 Å². The van der Waals surface area contributed by atoms with E-state index in [0.717, 1.165) is 21.8 Å². The number of primary amides is 1. The van der Waals surface area contributed by atoms with Gasteiger partial charge in [-0.1, -0.05) is 0 Å². The minimum absolute atomic E-state index is 0.0587. The molecular formula is C20H20N4O3S. The van der Waals surface area contributed by atoms with Crippen molar-refractivity contribution in [2.75, 3.05) is 13.7 Å². The molecule has 8 heteroatoms. The van der Waals surface area contributed by atoms with Crippen molar-refractivity contribution in [3.63, 3.8) is 0 Å². The molecule has 0 atom stereocenters. The highest BCUT2D eigenvalue weighted by atomic mass is 32.1. The van der Waals surface area contributed by atoms with E-state index in [4.69, 9.17) is 10.5 Å². The number of hydrogen-bond donors (Lipinski definition) is 2. The zero-order valence-electron chi connectivity index (χ0n) is 15.5. The van der Waals surface area contributed by atoms with E-state index in [0.29, 0.717) is 12.1 Å². The van der Waals surface area contributed by atoms with Crippen molar-refractivity contribution in [2.24, 2.45) is 15.8 Å². The molecule has 1 heterocycles. The lowest BCUT2D eigenvalue weighted by Crippen LogP contribution is -2.13. The molecule has 0 spiro atoms. The van der Waals surface area contributed by atoms with E-state index < -0.39 is 5.91 Å². The van der Waals surface area contributed by atoms with Gasteiger partial charge in [0.1, 0.15) is 11.5 Å². The second kappa shape index (κ2) is 8.53. The number of aromatic hydroxyl groups is 1. The molecular weight excluding hydrogens is 376 g/mol. The highest BCUT2D eigenvalue weighted by Gasteiger charge is 2.13. The Labute approximate surface area is 166 Å². The molecule has 0 aliphatic rings. The van der Waals surface area contributed by atoms with Crippen LogP contribution in [0.1, 0.15) is 22.8 Å². The summed E-state index contributed by atoms with van der Waals surface area (Å²) in [4.78, 5) is 16.8. The third-order valence-electron chi connectivity index (χ3n) is 3.97. The molecule has 0 fully saturated rings. The van der Waals surface area contributed by atoms with Crippen molar-refractivity contribution in [1.29, 1.82) is 0 Å². The monoisotopic (exact) mass is 396 g/mol. The van der Waals surface area contributed by atoms with Crippen LogP contribution in [-0.4, -0.2) is 35.6 Å². The van der Waals surface area contributed by atoms with Crippen molar-refractivity contribution >= 4 is 23.5 Å². The molecule has 3 aromatic rings. The Morgan fingerprint density at radius 2 is 2.04 bits per heavy atom. The molecule has 144 valence electrons. The zero-order chi connectivity index (χ0) is 20.1. The molecule has 0 radical (unpaired) electrons. The van der Waals surface area contributed by atoms with Gasteiger partial charge in [0.25, 0.3) is 5.91 Å². The molecule has 0 saturated heterocycles. The average Bonchev–Trinajstić information content (AvgIpc) is 3.10. The van der Waals surface area contributed by atoms with Gasteiger partial charge in [-0.3, -0.25) is 9.79 Å². The SMILES string of the molecule is CCN=c1scc(-c2ccc(O)c(C(N)=O)c2)n1/N=C/c1ccc(OC)cc1. The van der Waals surface area contributed by atoms with E-state index in [-0.39, 0.29) is 11.3 Å². The van der Waals surface area contributed by atoms with Crippen molar-refractivity contribution < 1.29 is 14.6 Å². The fourth-order valence-electron chi connectivity index (χ4n) is 2.56. The Hall–Kier alpha value is -3.39. The summed E-state index contributed by atoms with van der Waals surface area (Å²) in [6.07, 6.45) is 1.72. The largest absolute Gasteiger partial charge is 0.507 e. The molecule has 1 aromatic heterocycles. The summed E-state index contributed by atoms with van der Waals surface area (Å²) in [6.45, 7) is 2.56. The standard InChI is InChI=1S/C20H20N4O3S/c1-3-22-20-24(23-11-13-4-7-15(27-2)8-5-13)17(12-28-20)14-6-9-18(25)16(10-14)19(21)26/h4-12,25H,3H2,1-2H3,(H2,21,26)/b22-20?,23-11+. The Morgan fingerprint density at radius 3 is 2.68 bits per heavy atom. The summed E-state index contributed by atoms with van der Waals surface area (Å²) in [5.41, 5.74) is 7.75. The Kier molecular flexibility index (Phi) is 5.90. The lowest BCUT2D eigenvalue weighted by atomic mass is 10.1. The number of carbonyl (C=O) groups excluding carboxylic acids is 1. The predicted molar refractivity (Wildman–Crippen MR) is 110 cm³/mol. The van der Waals surface area contributed by atoms with E-state index in [2.05, 4.69) is 10.1 Å². The van der Waals surface area contributed by atoms with E-state index in [1.165, 1.54) is 17.4 Å². The summed E-state index contributed by atoms with van der Waals surface area (Å²) in [7, 11) is 1.62. The van der Waals surface area contributed by atoms with Crippen LogP contribution in [-0.2, 0) is 0 Å². The first kappa shape index (κ1) is 19.4. The van der Waals surface area contributed by atoms with Gasteiger partial charge < -0.3 is 15.6 Å². The van der Waals surface area contributed by atoms with Gasteiger partial charge in [0.05, 0.1) is 24.6 Å². The Morgan fingerprint density at radius 1 is 1.29 bits per heavy atom. The van der Waals surface area contributed by atoms with E-state index in [1.807, 2.05) is 36.6 Å². The first-order valence-corrected chi connectivity index (χ1v) is 9.44. The third-order valence-corrected chi connectivity index (χ3v) is 4.83. The Balaban J connectivity index is 2.06. The van der Waals surface area contributed by atoms with Crippen LogP contribution < -0.4 is 15.3 Å². The normalized spacial score (nSPS) is 11.9. The number of nitrogens with two attached hydrogens (primary N) is 1. The number of benzene rings is 2. The molecule has 3 N–H and O–H groups in total. The first-order chi connectivity index (χ1) is 13.5. The molecule has 0 bridgehead atoms. The van der Waals surface area contributed by atoms with Gasteiger partial charge in [-0.15, -0.1) is 11.3 Å². The van der Waals surface area contributed by atoms with E-state index >= 15 is 0 Å². The van der Waals surface area contributed by atoms with Gasteiger partial charge in [0.15, 0.2) is 0 Å². The number of amides is 1. The molecule has 7 nitrogen and oxygen atoms in total. The molecule has 0 aliphatic carbocycles. The zero-order valence-corrected chi connectivity index (χ0v) is 16.3. The Bertz CT molecular complexity index is 1080. The number of ether oxygens (including phenoxy) is 1. The number of phenols is 1. The first-order valence-electron chi connectivity index (χ1n) is 8.56. The lowest BCUT2D eigenvalue weighted by molar-refractivity contribution is 0.0998. The maximum Gasteiger partial charge on any atom is 0.252 e. The van der Waals surface area contributed by atoms with Crippen LogP contribution in [0.3, 0.4) is 0 Å². The van der Waals surface area contributed by atoms with Gasteiger partial charge in [-0.05, 0) is 55.0 Å². The quantitative estimate of drug-likeness (QED) is 0.626. The smallest absolute Gasteiger partial charge is 0.252 e. The van der Waals surface area contributed by atoms with Crippen LogP contribution in [0.15, 0.2) is 57.9 Å². The van der Waals surface area contributed by atoms with Crippen molar-refractivity contribution in [3.8, 4) is 22.8 Å². The number of methoxy groups -OCH3 is 1. The van der Waals surface area contributed by atoms with Gasteiger partial charge in [-0.2, -0.15) is 5.10 Å². The summed E-state index contributed by atoms with van der Waals surface area (Å²) in [5, 5.41) is 16.3. The van der Waals surface area contributed by atoms with Crippen molar-refractivity contribution in [3.05, 3.63) is 63.8 Å². The van der Waals surface area contributed by atoms with Gasteiger partial charge in [0.2, 0.25) is 4.80 Å². The number of aromatic nitrogens is 1. The second-order valence-electron chi connectivity index (χ2n) is 5.80. The van der Waals surface area contributed by atoms with E-state index in [9.17, 15) is 9.90 Å². The average molecular weight is 396 g/mol. The summed E-state index contributed by atoms with van der Waals surface area (Å²) < 4.78 is 6.87. The number of carbonyl (C=O) groups is 1. The van der Waals surface area contributed by atoms with Gasteiger partial charge >= 0.3 is 0 Å². The third kappa shape index (κ3) is 4.12. The van der Waals surface area contributed by atoms with Gasteiger partial charge in [0, 0.05) is 17.5 Å². The van der Waals surface area contributed by atoms with Crippen LogP contribution >= 0.6 is 11.3 Å². The topological polar surface area (TPSA) is 102 Å². The summed E-state index contributed by atoms with van der Waals surface area (Å²) in [5.74, 6) is -0.0784. The van der Waals surface area contributed by atoms with Crippen LogP contribution in [0.4, 0.5) is 0 Å². The molecule has 1 amide bonds. The molecule has 28 heavy (non-hydrogen) atoms. The number of nitrogens with zero attached hydrogens (tertiary/aromatic N) is 3. The minimum Gasteiger partial charge on any atom is -0.507 e. The summed E-state index contributed by atoms with van der Waals surface area (Å²) in [6, 6.07) is 12.2. The maximum absolute atomic E-state index is 11.6. The molecule has 0 saturated carbocycles. The summed E-state index contributed by atoms with van der Waals surface area (Å²) >= 11 is 1.44. The predicted octanol–water partition coefficient (Wildman–Crippen LogP) is 2.83. The van der Waals surface area contributed by atoms with Crippen LogP contribution in [0.2, 0.25) is 0 Å². The number of thiazole rings is 1. The fraction of sp³-hybridized carbons (Fsp3) is 0.150. The minimum atomic E-state index is -0.693. The maximum atomic E-state index is 11.6. The fourth-order valence-corrected chi connectivity index (χ4v) is 3.46. The highest BCUT2D eigenvalue weighted by molar-refractivity contribution is 7.07. The number of hydrogen-bond acceptors (Lipinski definition) is 6. The molecule has 3 rings (SSSR count). The van der Waals surface area contributed by atoms with Crippen LogP contribution in [0, 0.1) is 0 Å². The van der Waals surface area contributed by atoms with E-state index in [1.54, 1.807) is 30.1 Å².